The summed E-state index contributed by atoms with van der Waals surface area (Å²) in [6.07, 6.45) is 4.57. The van der Waals surface area contributed by atoms with Crippen molar-refractivity contribution in [3.05, 3.63) is 66.2 Å². The van der Waals surface area contributed by atoms with E-state index < -0.39 is 5.54 Å². The first-order valence-corrected chi connectivity index (χ1v) is 13.4. The minimum absolute atomic E-state index is 0.0127. The molecule has 0 radical (unpaired) electrons. The van der Waals surface area contributed by atoms with Crippen molar-refractivity contribution < 1.29 is 14.3 Å². The van der Waals surface area contributed by atoms with Crippen LogP contribution in [0.1, 0.15) is 64.9 Å². The summed E-state index contributed by atoms with van der Waals surface area (Å²) < 4.78 is 5.41. The van der Waals surface area contributed by atoms with E-state index in [9.17, 15) is 9.59 Å². The van der Waals surface area contributed by atoms with Gasteiger partial charge in [0.1, 0.15) is 18.3 Å². The normalized spacial score (nSPS) is 19.6. The van der Waals surface area contributed by atoms with Crippen LogP contribution in [0.5, 0.6) is 0 Å². The van der Waals surface area contributed by atoms with Gasteiger partial charge in [-0.1, -0.05) is 75.7 Å². The Kier molecular flexibility index (Phi) is 8.35. The van der Waals surface area contributed by atoms with Gasteiger partial charge >= 0.3 is 5.97 Å². The van der Waals surface area contributed by atoms with E-state index in [1.54, 1.807) is 0 Å². The molecule has 1 unspecified atom stereocenters. The molecule has 4 rings (SSSR count). The maximum atomic E-state index is 14.1. The highest BCUT2D eigenvalue weighted by molar-refractivity contribution is 5.94. The fourth-order valence-corrected chi connectivity index (χ4v) is 5.74. The third-order valence-electron chi connectivity index (χ3n) is 7.42. The van der Waals surface area contributed by atoms with E-state index in [1.165, 1.54) is 0 Å². The number of hydrogen-bond acceptors (Lipinski definition) is 5. The van der Waals surface area contributed by atoms with Gasteiger partial charge in [0.2, 0.25) is 5.91 Å². The van der Waals surface area contributed by atoms with Crippen molar-refractivity contribution in [2.24, 2.45) is 5.41 Å². The number of unbranched alkanes of at least 4 members (excludes halogenated alkanes) is 2. The number of carbonyl (C=O) groups is 2. The van der Waals surface area contributed by atoms with Crippen molar-refractivity contribution >= 4 is 17.6 Å². The highest BCUT2D eigenvalue weighted by Crippen LogP contribution is 2.46. The molecule has 0 aromatic heterocycles. The number of piperidine rings is 1. The third-order valence-corrected chi connectivity index (χ3v) is 7.42. The van der Waals surface area contributed by atoms with E-state index in [0.717, 1.165) is 56.4 Å². The number of nitrogens with zero attached hydrogens (tertiary/aromatic N) is 2. The maximum Gasteiger partial charge on any atom is 0.306 e. The Hall–Kier alpha value is -2.86. The lowest BCUT2D eigenvalue weighted by Crippen LogP contribution is -2.58. The van der Waals surface area contributed by atoms with Crippen LogP contribution in [-0.2, 0) is 20.9 Å². The van der Waals surface area contributed by atoms with Crippen LogP contribution in [0.25, 0.3) is 0 Å². The molecule has 2 aliphatic heterocycles. The van der Waals surface area contributed by atoms with Gasteiger partial charge in [0.15, 0.2) is 0 Å². The first-order chi connectivity index (χ1) is 17.3. The molecule has 0 bridgehead atoms. The van der Waals surface area contributed by atoms with Gasteiger partial charge in [-0.05, 0) is 56.5 Å². The Bertz CT molecular complexity index is 997. The molecular weight excluding hydrogens is 450 g/mol. The fourth-order valence-electron chi connectivity index (χ4n) is 5.74. The highest BCUT2D eigenvalue weighted by Gasteiger charge is 2.59. The second-order valence-electron chi connectivity index (χ2n) is 11.2. The summed E-state index contributed by atoms with van der Waals surface area (Å²) in [6.45, 7) is 9.43. The van der Waals surface area contributed by atoms with Crippen LogP contribution in [-0.4, -0.2) is 48.1 Å². The predicted octanol–water partition coefficient (Wildman–Crippen LogP) is 5.13. The minimum Gasteiger partial charge on any atom is -0.461 e. The Morgan fingerprint density at radius 2 is 1.61 bits per heavy atom. The van der Waals surface area contributed by atoms with Crippen molar-refractivity contribution in [3.8, 4) is 0 Å². The van der Waals surface area contributed by atoms with Gasteiger partial charge in [-0.3, -0.25) is 9.59 Å². The summed E-state index contributed by atoms with van der Waals surface area (Å²) in [6, 6.07) is 20.2. The van der Waals surface area contributed by atoms with E-state index in [4.69, 9.17) is 4.74 Å². The summed E-state index contributed by atoms with van der Waals surface area (Å²) in [5.41, 5.74) is 1.52. The number of benzene rings is 2. The second kappa shape index (κ2) is 11.5. The number of hydrogen-bond donors (Lipinski definition) is 1. The zero-order chi connectivity index (χ0) is 25.6. The summed E-state index contributed by atoms with van der Waals surface area (Å²) in [5.74, 6) is 0.0997. The third kappa shape index (κ3) is 5.75. The standard InChI is InChI=1S/C30H41N3O3/c1-29(2,3)27-32(22-12-6-11-17-26(34)36-23-24-13-7-4-8-14-24)28(35)30(18-20-31-21-19-30)33(27)25-15-9-5-10-16-25/h4-5,7-10,13-16,27,31H,6,11-12,17-23H2,1-3H3. The number of nitrogens with one attached hydrogen (secondary N) is 1. The molecule has 2 fully saturated rings. The van der Waals surface area contributed by atoms with Crippen LogP contribution in [0.3, 0.4) is 0 Å². The Morgan fingerprint density at radius 1 is 0.972 bits per heavy atom. The van der Waals surface area contributed by atoms with Gasteiger partial charge in [0, 0.05) is 24.1 Å². The van der Waals surface area contributed by atoms with Gasteiger partial charge in [-0.15, -0.1) is 0 Å². The lowest BCUT2D eigenvalue weighted by Gasteiger charge is -2.46. The summed E-state index contributed by atoms with van der Waals surface area (Å²) in [7, 11) is 0. The van der Waals surface area contributed by atoms with Gasteiger partial charge in [-0.25, -0.2) is 0 Å². The van der Waals surface area contributed by atoms with Crippen molar-refractivity contribution in [1.29, 1.82) is 0 Å². The molecular formula is C30H41N3O3. The largest absolute Gasteiger partial charge is 0.461 e. The predicted molar refractivity (Wildman–Crippen MR) is 143 cm³/mol. The Morgan fingerprint density at radius 3 is 2.25 bits per heavy atom. The number of anilines is 1. The van der Waals surface area contributed by atoms with Crippen molar-refractivity contribution in [1.82, 2.24) is 10.2 Å². The van der Waals surface area contributed by atoms with Gasteiger partial charge in [0.25, 0.3) is 0 Å². The van der Waals surface area contributed by atoms with Crippen LogP contribution in [0.4, 0.5) is 5.69 Å². The van der Waals surface area contributed by atoms with Gasteiger partial charge in [-0.2, -0.15) is 0 Å². The van der Waals surface area contributed by atoms with E-state index in [2.05, 4.69) is 60.2 Å². The molecule has 6 nitrogen and oxygen atoms in total. The molecule has 2 aromatic rings. The molecule has 2 heterocycles. The lowest BCUT2D eigenvalue weighted by atomic mass is 9.84. The minimum atomic E-state index is -0.494. The summed E-state index contributed by atoms with van der Waals surface area (Å²) >= 11 is 0. The zero-order valence-electron chi connectivity index (χ0n) is 22.0. The molecule has 1 N–H and O–H groups in total. The van der Waals surface area contributed by atoms with E-state index in [1.807, 2.05) is 36.4 Å². The number of rotatable bonds is 9. The SMILES string of the molecule is CC(C)(C)C1N(CCCCCC(=O)OCc2ccccc2)C(=O)C2(CCNCC2)N1c1ccccc1. The van der Waals surface area contributed by atoms with Crippen LogP contribution in [0.2, 0.25) is 0 Å². The van der Waals surface area contributed by atoms with E-state index in [0.29, 0.717) is 19.6 Å². The quantitative estimate of drug-likeness (QED) is 0.389. The number of ether oxygens (including phenoxy) is 1. The number of esters is 1. The Labute approximate surface area is 216 Å². The lowest BCUT2D eigenvalue weighted by molar-refractivity contribution is -0.145. The van der Waals surface area contributed by atoms with Crippen molar-refractivity contribution in [2.45, 2.75) is 77.6 Å². The average molecular weight is 492 g/mol. The molecule has 1 atom stereocenters. The average Bonchev–Trinajstić information content (AvgIpc) is 3.12. The van der Waals surface area contributed by atoms with Crippen LogP contribution < -0.4 is 10.2 Å². The number of para-hydroxylation sites is 1. The molecule has 0 saturated carbocycles. The van der Waals surface area contributed by atoms with E-state index in [-0.39, 0.29) is 23.5 Å². The summed E-state index contributed by atoms with van der Waals surface area (Å²) in [5, 5.41) is 3.45. The molecule has 2 saturated heterocycles. The fraction of sp³-hybridized carbons (Fsp3) is 0.533. The number of amides is 1. The molecule has 194 valence electrons. The summed E-state index contributed by atoms with van der Waals surface area (Å²) in [4.78, 5) is 30.8. The molecule has 1 spiro atoms. The molecule has 0 aliphatic carbocycles. The van der Waals surface area contributed by atoms with Crippen LogP contribution in [0.15, 0.2) is 60.7 Å². The van der Waals surface area contributed by atoms with Gasteiger partial charge in [0.05, 0.1) is 0 Å². The van der Waals surface area contributed by atoms with Gasteiger partial charge < -0.3 is 19.9 Å². The smallest absolute Gasteiger partial charge is 0.306 e. The topological polar surface area (TPSA) is 61.9 Å². The molecule has 2 aromatic carbocycles. The van der Waals surface area contributed by atoms with Crippen molar-refractivity contribution in [3.63, 3.8) is 0 Å². The van der Waals surface area contributed by atoms with Crippen molar-refractivity contribution in [2.75, 3.05) is 24.5 Å². The zero-order valence-corrected chi connectivity index (χ0v) is 22.0. The molecule has 1 amide bonds. The van der Waals surface area contributed by atoms with E-state index >= 15 is 0 Å². The highest BCUT2D eigenvalue weighted by atomic mass is 16.5. The second-order valence-corrected chi connectivity index (χ2v) is 11.2. The van der Waals surface area contributed by atoms with Crippen LogP contribution >= 0.6 is 0 Å². The molecule has 6 heteroatoms. The monoisotopic (exact) mass is 491 g/mol. The first kappa shape index (κ1) is 26.2. The number of carbonyl (C=O) groups excluding carboxylic acids is 2. The maximum absolute atomic E-state index is 14.1. The molecule has 36 heavy (non-hydrogen) atoms. The first-order valence-electron chi connectivity index (χ1n) is 13.4. The van der Waals surface area contributed by atoms with Crippen LogP contribution in [0, 0.1) is 5.41 Å². The Balaban J connectivity index is 1.38. The molecule has 2 aliphatic rings.